The first-order valence-electron chi connectivity index (χ1n) is 9.87. The average Bonchev–Trinajstić information content (AvgIpc) is 2.77. The molecule has 4 fully saturated rings. The molecule has 0 aromatic rings. The number of alkyl halides is 1. The number of aliphatic hydroxyl groups is 3. The van der Waals surface area contributed by atoms with Gasteiger partial charge in [0.05, 0.1) is 12.2 Å². The summed E-state index contributed by atoms with van der Waals surface area (Å²) in [5.41, 5.74) is -2.29. The lowest BCUT2D eigenvalue weighted by molar-refractivity contribution is -0.185. The zero-order valence-corrected chi connectivity index (χ0v) is 15.3. The van der Waals surface area contributed by atoms with Gasteiger partial charge in [0.25, 0.3) is 0 Å². The van der Waals surface area contributed by atoms with Gasteiger partial charge in [0.15, 0.2) is 5.60 Å². The van der Waals surface area contributed by atoms with Crippen molar-refractivity contribution in [3.8, 4) is 12.3 Å². The Balaban J connectivity index is 1.72. The quantitative estimate of drug-likeness (QED) is 0.589. The van der Waals surface area contributed by atoms with Gasteiger partial charge in [-0.05, 0) is 74.0 Å². The molecule has 0 heterocycles. The van der Waals surface area contributed by atoms with E-state index in [0.717, 1.165) is 25.7 Å². The van der Waals surface area contributed by atoms with Crippen molar-refractivity contribution in [3.63, 3.8) is 0 Å². The molecule has 25 heavy (non-hydrogen) atoms. The maximum atomic E-state index is 14.8. The number of fused-ring (bicyclic) bond motifs is 5. The lowest BCUT2D eigenvalue weighted by Gasteiger charge is -2.62. The first kappa shape index (κ1) is 17.8. The van der Waals surface area contributed by atoms with Gasteiger partial charge in [-0.15, -0.1) is 6.42 Å². The second-order valence-electron chi connectivity index (χ2n) is 9.79. The topological polar surface area (TPSA) is 60.7 Å². The molecule has 0 unspecified atom stereocenters. The predicted octanol–water partition coefficient (Wildman–Crippen LogP) is 2.67. The maximum absolute atomic E-state index is 14.8. The first-order chi connectivity index (χ1) is 11.7. The summed E-state index contributed by atoms with van der Waals surface area (Å²) < 4.78 is 14.8. The molecule has 4 aliphatic rings. The highest BCUT2D eigenvalue weighted by Gasteiger charge is 2.69. The van der Waals surface area contributed by atoms with Gasteiger partial charge < -0.3 is 15.3 Å². The third-order valence-electron chi connectivity index (χ3n) is 9.05. The smallest absolute Gasteiger partial charge is 0.161 e. The average molecular weight is 350 g/mol. The molecule has 4 heteroatoms. The van der Waals surface area contributed by atoms with E-state index in [9.17, 15) is 19.7 Å². The number of rotatable bonds is 0. The van der Waals surface area contributed by atoms with Crippen LogP contribution in [0.4, 0.5) is 4.39 Å². The van der Waals surface area contributed by atoms with E-state index < -0.39 is 23.3 Å². The molecule has 0 aliphatic heterocycles. The largest absolute Gasteiger partial charge is 0.393 e. The number of halogens is 1. The molecule has 0 amide bonds. The molecule has 0 bridgehead atoms. The minimum Gasteiger partial charge on any atom is -0.393 e. The molecule has 10 atom stereocenters. The van der Waals surface area contributed by atoms with Crippen LogP contribution in [0.2, 0.25) is 0 Å². The fourth-order valence-electron chi connectivity index (χ4n) is 7.44. The third kappa shape index (κ3) is 2.10. The summed E-state index contributed by atoms with van der Waals surface area (Å²) >= 11 is 0. The van der Waals surface area contributed by atoms with Gasteiger partial charge in [0.1, 0.15) is 6.17 Å². The van der Waals surface area contributed by atoms with Crippen molar-refractivity contribution in [2.75, 3.05) is 0 Å². The highest BCUT2D eigenvalue weighted by atomic mass is 19.1. The molecule has 4 rings (SSSR count). The number of hydrogen-bond acceptors (Lipinski definition) is 3. The zero-order chi connectivity index (χ0) is 18.2. The van der Waals surface area contributed by atoms with Crippen molar-refractivity contribution < 1.29 is 19.7 Å². The lowest BCUT2D eigenvalue weighted by Crippen LogP contribution is -2.60. The van der Waals surface area contributed by atoms with Gasteiger partial charge in [-0.2, -0.15) is 0 Å². The Hall–Kier alpha value is -0.630. The minimum absolute atomic E-state index is 0.00383. The zero-order valence-electron chi connectivity index (χ0n) is 15.3. The second kappa shape index (κ2) is 5.44. The van der Waals surface area contributed by atoms with E-state index in [1.807, 2.05) is 6.92 Å². The van der Waals surface area contributed by atoms with Gasteiger partial charge in [-0.25, -0.2) is 4.39 Å². The van der Waals surface area contributed by atoms with E-state index in [-0.39, 0.29) is 29.8 Å². The van der Waals surface area contributed by atoms with Gasteiger partial charge in [0, 0.05) is 5.41 Å². The van der Waals surface area contributed by atoms with E-state index >= 15 is 0 Å². The first-order valence-corrected chi connectivity index (χ1v) is 9.87. The molecule has 3 nitrogen and oxygen atoms in total. The van der Waals surface area contributed by atoms with E-state index in [2.05, 4.69) is 12.8 Å². The standard InChI is InChI=1S/C21H31FO3/c1-4-21(25)17(22)11-15-18-14(6-8-20(15,21)3)19(2)7-5-13(23)9-12(19)10-16(18)24/h1,12-18,23-25H,5-11H2,2-3H3/t12-,13-,14+,15+,16+,17-,18-,19+,20+,21+/m1/s1. The summed E-state index contributed by atoms with van der Waals surface area (Å²) in [5, 5.41) is 32.0. The van der Waals surface area contributed by atoms with E-state index in [1.54, 1.807) is 0 Å². The molecule has 0 aromatic carbocycles. The summed E-state index contributed by atoms with van der Waals surface area (Å²) in [7, 11) is 0. The fourth-order valence-corrected chi connectivity index (χ4v) is 7.44. The molecule has 0 aromatic heterocycles. The summed E-state index contributed by atoms with van der Waals surface area (Å²) in [6, 6.07) is 0. The highest BCUT2D eigenvalue weighted by molar-refractivity contribution is 5.27. The summed E-state index contributed by atoms with van der Waals surface area (Å²) in [4.78, 5) is 0. The van der Waals surface area contributed by atoms with Crippen LogP contribution in [0.3, 0.4) is 0 Å². The second-order valence-corrected chi connectivity index (χ2v) is 9.79. The number of terminal acetylenes is 1. The maximum Gasteiger partial charge on any atom is 0.161 e. The van der Waals surface area contributed by atoms with Crippen LogP contribution < -0.4 is 0 Å². The lowest BCUT2D eigenvalue weighted by atomic mass is 9.43. The van der Waals surface area contributed by atoms with Crippen molar-refractivity contribution in [3.05, 3.63) is 0 Å². The van der Waals surface area contributed by atoms with Crippen molar-refractivity contribution in [2.24, 2.45) is 34.5 Å². The Bertz CT molecular complexity index is 602. The molecule has 0 saturated heterocycles. The highest BCUT2D eigenvalue weighted by Crippen LogP contribution is 2.68. The van der Waals surface area contributed by atoms with Crippen molar-refractivity contribution in [2.45, 2.75) is 82.8 Å². The third-order valence-corrected chi connectivity index (χ3v) is 9.05. The molecule has 4 saturated carbocycles. The number of hydrogen-bond donors (Lipinski definition) is 3. The molecular weight excluding hydrogens is 319 g/mol. The van der Waals surface area contributed by atoms with Gasteiger partial charge in [-0.3, -0.25) is 0 Å². The Kier molecular flexibility index (Phi) is 3.87. The van der Waals surface area contributed by atoms with Crippen LogP contribution in [0.15, 0.2) is 0 Å². The fraction of sp³-hybridized carbons (Fsp3) is 0.905. The van der Waals surface area contributed by atoms with Crippen LogP contribution in [0.5, 0.6) is 0 Å². The Morgan fingerprint density at radius 3 is 2.44 bits per heavy atom. The van der Waals surface area contributed by atoms with E-state index in [4.69, 9.17) is 6.42 Å². The van der Waals surface area contributed by atoms with Crippen LogP contribution in [0, 0.1) is 46.8 Å². The molecule has 140 valence electrons. The van der Waals surface area contributed by atoms with Crippen LogP contribution in [0.25, 0.3) is 0 Å². The SMILES string of the molecule is C#C[C@]1(O)[C@H](F)C[C@H]2[C@@H]3[C@@H](O)C[C@H]4C[C@H](O)CC[C@]4(C)[C@H]3CC[C@@]21C. The van der Waals surface area contributed by atoms with Gasteiger partial charge in [-0.1, -0.05) is 19.8 Å². The number of aliphatic hydroxyl groups excluding tert-OH is 2. The summed E-state index contributed by atoms with van der Waals surface area (Å²) in [5.74, 6) is 2.94. The van der Waals surface area contributed by atoms with Gasteiger partial charge >= 0.3 is 0 Å². The van der Waals surface area contributed by atoms with E-state index in [0.29, 0.717) is 24.7 Å². The van der Waals surface area contributed by atoms with Crippen LogP contribution in [-0.4, -0.2) is 39.3 Å². The van der Waals surface area contributed by atoms with E-state index in [1.165, 1.54) is 0 Å². The molecule has 0 spiro atoms. The summed E-state index contributed by atoms with van der Waals surface area (Å²) in [6.07, 6.45) is 8.44. The van der Waals surface area contributed by atoms with Crippen LogP contribution in [0.1, 0.15) is 58.8 Å². The Morgan fingerprint density at radius 2 is 1.76 bits per heavy atom. The summed E-state index contributed by atoms with van der Waals surface area (Å²) in [6.45, 7) is 4.24. The molecule has 4 aliphatic carbocycles. The predicted molar refractivity (Wildman–Crippen MR) is 93.2 cm³/mol. The van der Waals surface area contributed by atoms with Crippen molar-refractivity contribution in [1.29, 1.82) is 0 Å². The van der Waals surface area contributed by atoms with Crippen LogP contribution in [-0.2, 0) is 0 Å². The monoisotopic (exact) mass is 350 g/mol. The molecular formula is C21H31FO3. The van der Waals surface area contributed by atoms with Gasteiger partial charge in [0.2, 0.25) is 0 Å². The molecule has 0 radical (unpaired) electrons. The Labute approximate surface area is 150 Å². The Morgan fingerprint density at radius 1 is 1.04 bits per heavy atom. The van der Waals surface area contributed by atoms with Crippen molar-refractivity contribution >= 4 is 0 Å². The minimum atomic E-state index is -1.72. The molecule has 3 N–H and O–H groups in total. The van der Waals surface area contributed by atoms with Crippen molar-refractivity contribution in [1.82, 2.24) is 0 Å². The normalized spacial score (nSPS) is 60.9. The van der Waals surface area contributed by atoms with Crippen LogP contribution >= 0.6 is 0 Å².